The molecule has 0 saturated carbocycles. The van der Waals surface area contributed by atoms with Gasteiger partial charge in [0.25, 0.3) is 0 Å². The van der Waals surface area contributed by atoms with Crippen molar-refractivity contribution in [2.75, 3.05) is 18.4 Å². The first-order valence-electron chi connectivity index (χ1n) is 5.03. The Morgan fingerprint density at radius 3 is 2.36 bits per heavy atom. The van der Waals surface area contributed by atoms with Crippen molar-refractivity contribution >= 4 is 39.1 Å². The van der Waals surface area contributed by atoms with E-state index in [9.17, 15) is 0 Å². The van der Waals surface area contributed by atoms with Crippen LogP contribution >= 0.6 is 39.1 Å². The van der Waals surface area contributed by atoms with Crippen LogP contribution in [0.4, 0.5) is 0 Å². The molecule has 0 heterocycles. The molecule has 0 saturated heterocycles. The molecule has 1 nitrogen and oxygen atoms in total. The maximum Gasteiger partial charge on any atom is 0.0846 e. The molecule has 4 heteroatoms. The van der Waals surface area contributed by atoms with Gasteiger partial charge in [0.15, 0.2) is 0 Å². The van der Waals surface area contributed by atoms with Gasteiger partial charge in [-0.25, -0.2) is 0 Å². The first kappa shape index (κ1) is 15.0. The molecule has 3 unspecified atom stereocenters. The Balaban J connectivity index is 3.71. The molecule has 86 valence electrons. The molecule has 0 aromatic heterocycles. The molecule has 0 aliphatic heterocycles. The van der Waals surface area contributed by atoms with Crippen LogP contribution in [0.2, 0.25) is 0 Å². The highest BCUT2D eigenvalue weighted by atomic mass is 79.9. The largest absolute Gasteiger partial charge is 0.375 e. The zero-order valence-corrected chi connectivity index (χ0v) is 11.9. The van der Waals surface area contributed by atoms with Crippen molar-refractivity contribution in [3.8, 4) is 0 Å². The monoisotopic (exact) mass is 304 g/mol. The summed E-state index contributed by atoms with van der Waals surface area (Å²) < 4.78 is 5.70. The summed E-state index contributed by atoms with van der Waals surface area (Å²) in [6, 6.07) is 0. The molecule has 0 N–H and O–H groups in total. The van der Waals surface area contributed by atoms with Crippen LogP contribution in [0.25, 0.3) is 0 Å². The van der Waals surface area contributed by atoms with Crippen molar-refractivity contribution in [2.45, 2.75) is 37.6 Å². The molecular weight excluding hydrogens is 287 g/mol. The van der Waals surface area contributed by atoms with E-state index in [1.165, 1.54) is 12.8 Å². The standard InChI is InChI=1S/C10H19BrCl2O/c1-3-4-8(2)7-14-10(6-13)9(11)5-12/h8-10H,3-7H2,1-2H3. The maximum absolute atomic E-state index is 5.79. The van der Waals surface area contributed by atoms with Crippen molar-refractivity contribution in [3.63, 3.8) is 0 Å². The summed E-state index contributed by atoms with van der Waals surface area (Å²) in [6.45, 7) is 5.14. The Morgan fingerprint density at radius 2 is 1.93 bits per heavy atom. The molecule has 0 spiro atoms. The Bertz CT molecular complexity index is 135. The van der Waals surface area contributed by atoms with Crippen molar-refractivity contribution in [3.05, 3.63) is 0 Å². The highest BCUT2D eigenvalue weighted by Crippen LogP contribution is 2.15. The van der Waals surface area contributed by atoms with E-state index in [2.05, 4.69) is 29.8 Å². The molecular formula is C10H19BrCl2O. The third-order valence-corrected chi connectivity index (χ3v) is 4.00. The molecule has 0 aliphatic rings. The number of hydrogen-bond donors (Lipinski definition) is 0. The SMILES string of the molecule is CCCC(C)COC(CCl)C(Br)CCl. The third-order valence-electron chi connectivity index (χ3n) is 2.08. The Kier molecular flexibility index (Phi) is 9.94. The molecule has 0 fully saturated rings. The van der Waals surface area contributed by atoms with Crippen LogP contribution in [0.15, 0.2) is 0 Å². The zero-order valence-electron chi connectivity index (χ0n) is 8.81. The quantitative estimate of drug-likeness (QED) is 0.615. The van der Waals surface area contributed by atoms with Crippen LogP contribution in [0.1, 0.15) is 26.7 Å². The van der Waals surface area contributed by atoms with E-state index < -0.39 is 0 Å². The summed E-state index contributed by atoms with van der Waals surface area (Å²) >= 11 is 15.0. The maximum atomic E-state index is 5.79. The summed E-state index contributed by atoms with van der Waals surface area (Å²) in [5.74, 6) is 1.61. The minimum atomic E-state index is 0.0217. The van der Waals surface area contributed by atoms with E-state index in [1.54, 1.807) is 0 Å². The first-order chi connectivity index (χ1) is 6.65. The number of alkyl halides is 3. The molecule has 0 rings (SSSR count). The minimum Gasteiger partial charge on any atom is -0.375 e. The van der Waals surface area contributed by atoms with Gasteiger partial charge in [-0.3, -0.25) is 0 Å². The van der Waals surface area contributed by atoms with Crippen molar-refractivity contribution < 1.29 is 4.74 Å². The molecule has 0 aromatic rings. The molecule has 3 atom stereocenters. The number of rotatable bonds is 8. The molecule has 0 amide bonds. The van der Waals surface area contributed by atoms with Gasteiger partial charge in [-0.15, -0.1) is 23.2 Å². The second kappa shape index (κ2) is 9.26. The fourth-order valence-corrected chi connectivity index (χ4v) is 2.27. The van der Waals surface area contributed by atoms with E-state index in [-0.39, 0.29) is 10.9 Å². The van der Waals surface area contributed by atoms with Gasteiger partial charge < -0.3 is 4.74 Å². The molecule has 14 heavy (non-hydrogen) atoms. The first-order valence-corrected chi connectivity index (χ1v) is 7.01. The van der Waals surface area contributed by atoms with Crippen molar-refractivity contribution in [1.29, 1.82) is 0 Å². The van der Waals surface area contributed by atoms with Gasteiger partial charge in [0.05, 0.1) is 10.9 Å². The molecule has 0 aliphatic carbocycles. The van der Waals surface area contributed by atoms with Gasteiger partial charge in [-0.2, -0.15) is 0 Å². The van der Waals surface area contributed by atoms with Gasteiger partial charge in [0, 0.05) is 18.4 Å². The lowest BCUT2D eigenvalue weighted by atomic mass is 10.1. The smallest absolute Gasteiger partial charge is 0.0846 e. The van der Waals surface area contributed by atoms with Gasteiger partial charge in [-0.05, 0) is 12.3 Å². The van der Waals surface area contributed by atoms with E-state index in [0.717, 1.165) is 6.61 Å². The Labute approximate surface area is 106 Å². The predicted octanol–water partition coefficient (Wildman–Crippen LogP) is 4.05. The Hall–Kier alpha value is 1.02. The summed E-state index contributed by atoms with van der Waals surface area (Å²) in [4.78, 5) is 0.149. The summed E-state index contributed by atoms with van der Waals surface area (Å²) in [5, 5.41) is 0. The second-order valence-electron chi connectivity index (χ2n) is 3.59. The summed E-state index contributed by atoms with van der Waals surface area (Å²) in [5.41, 5.74) is 0. The average Bonchev–Trinajstić information content (AvgIpc) is 2.18. The zero-order chi connectivity index (χ0) is 11.0. The van der Waals surface area contributed by atoms with Crippen LogP contribution < -0.4 is 0 Å². The summed E-state index contributed by atoms with van der Waals surface area (Å²) in [7, 11) is 0. The third kappa shape index (κ3) is 6.49. The molecule has 0 aromatic carbocycles. The van der Waals surface area contributed by atoms with Crippen LogP contribution in [0.3, 0.4) is 0 Å². The topological polar surface area (TPSA) is 9.23 Å². The second-order valence-corrected chi connectivity index (χ2v) is 5.38. The lowest BCUT2D eigenvalue weighted by Gasteiger charge is -2.21. The van der Waals surface area contributed by atoms with Crippen LogP contribution in [-0.2, 0) is 4.74 Å². The number of ether oxygens (including phenoxy) is 1. The van der Waals surface area contributed by atoms with Gasteiger partial charge in [0.2, 0.25) is 0 Å². The van der Waals surface area contributed by atoms with Crippen molar-refractivity contribution in [2.24, 2.45) is 5.92 Å². The highest BCUT2D eigenvalue weighted by molar-refractivity contribution is 9.09. The van der Waals surface area contributed by atoms with Gasteiger partial charge in [-0.1, -0.05) is 36.2 Å². The average molecular weight is 306 g/mol. The van der Waals surface area contributed by atoms with E-state index in [1.807, 2.05) is 0 Å². The van der Waals surface area contributed by atoms with Crippen LogP contribution in [0, 0.1) is 5.92 Å². The molecule has 0 bridgehead atoms. The highest BCUT2D eigenvalue weighted by Gasteiger charge is 2.18. The summed E-state index contributed by atoms with van der Waals surface area (Å²) in [6.07, 6.45) is 2.42. The van der Waals surface area contributed by atoms with E-state index in [0.29, 0.717) is 17.7 Å². The number of hydrogen-bond acceptors (Lipinski definition) is 1. The molecule has 0 radical (unpaired) electrons. The number of halogens is 3. The van der Waals surface area contributed by atoms with Crippen LogP contribution in [-0.4, -0.2) is 29.3 Å². The fraction of sp³-hybridized carbons (Fsp3) is 1.00. The van der Waals surface area contributed by atoms with Gasteiger partial charge >= 0.3 is 0 Å². The Morgan fingerprint density at radius 1 is 1.29 bits per heavy atom. The lowest BCUT2D eigenvalue weighted by Crippen LogP contribution is -2.29. The normalized spacial score (nSPS) is 17.8. The van der Waals surface area contributed by atoms with Crippen LogP contribution in [0.5, 0.6) is 0 Å². The lowest BCUT2D eigenvalue weighted by molar-refractivity contribution is 0.0467. The van der Waals surface area contributed by atoms with E-state index in [4.69, 9.17) is 27.9 Å². The minimum absolute atomic E-state index is 0.0217. The van der Waals surface area contributed by atoms with Crippen molar-refractivity contribution in [1.82, 2.24) is 0 Å². The van der Waals surface area contributed by atoms with E-state index >= 15 is 0 Å². The van der Waals surface area contributed by atoms with Gasteiger partial charge in [0.1, 0.15) is 0 Å². The fourth-order valence-electron chi connectivity index (χ4n) is 1.21. The predicted molar refractivity (Wildman–Crippen MR) is 68.0 cm³/mol.